The quantitative estimate of drug-likeness (QED) is 0.759. The van der Waals surface area contributed by atoms with Gasteiger partial charge in [0.25, 0.3) is 0 Å². The molecule has 0 fully saturated rings. The molecule has 2 rings (SSSR count). The molecule has 0 aromatic heterocycles. The molecule has 0 heterocycles. The average molecular weight is 388 g/mol. The summed E-state index contributed by atoms with van der Waals surface area (Å²) in [6, 6.07) is 14.2. The molecule has 0 aliphatic rings. The van der Waals surface area contributed by atoms with Gasteiger partial charge < -0.3 is 10.6 Å². The Bertz CT molecular complexity index is 793. The van der Waals surface area contributed by atoms with E-state index in [1.165, 1.54) is 0 Å². The van der Waals surface area contributed by atoms with E-state index in [1.807, 2.05) is 63.2 Å². The second-order valence-corrected chi connectivity index (χ2v) is 7.31. The van der Waals surface area contributed by atoms with Crippen LogP contribution in [0.5, 0.6) is 0 Å². The summed E-state index contributed by atoms with van der Waals surface area (Å²) in [5, 5.41) is 6.35. The Morgan fingerprint density at radius 3 is 2.37 bits per heavy atom. The second-order valence-electron chi connectivity index (χ2n) is 6.90. The van der Waals surface area contributed by atoms with E-state index >= 15 is 0 Å². The number of anilines is 1. The average Bonchev–Trinajstić information content (AvgIpc) is 2.58. The zero-order chi connectivity index (χ0) is 20.0. The van der Waals surface area contributed by atoms with Crippen LogP contribution < -0.4 is 10.6 Å². The predicted molar refractivity (Wildman–Crippen MR) is 110 cm³/mol. The van der Waals surface area contributed by atoms with Crippen LogP contribution in [0.15, 0.2) is 48.5 Å². The Balaban J connectivity index is 2.22. The first-order chi connectivity index (χ1) is 12.8. The number of rotatable bonds is 7. The van der Waals surface area contributed by atoms with E-state index in [0.29, 0.717) is 10.7 Å². The summed E-state index contributed by atoms with van der Waals surface area (Å²) < 4.78 is 0. The largest absolute Gasteiger partial charge is 0.353 e. The SMILES string of the molecule is Cc1ccc(NC(=O)[C@H](c2ccccc2)N(C)CC(=O)NC(C)C)cc1Cl. The standard InChI is InChI=1S/C21H26ClN3O2/c1-14(2)23-19(26)13-25(4)20(16-8-6-5-7-9-16)21(27)24-17-11-10-15(3)18(22)12-17/h5-12,14,20H,13H2,1-4H3,(H,23,26)(H,24,27)/t20-/m0/s1. The number of nitrogens with one attached hydrogen (secondary N) is 2. The van der Waals surface area contributed by atoms with Gasteiger partial charge in [0, 0.05) is 16.8 Å². The molecule has 6 heteroatoms. The molecule has 0 saturated carbocycles. The van der Waals surface area contributed by atoms with Crippen LogP contribution in [0.2, 0.25) is 5.02 Å². The maximum absolute atomic E-state index is 13.0. The van der Waals surface area contributed by atoms with Crippen LogP contribution in [0, 0.1) is 6.92 Å². The molecular formula is C21H26ClN3O2. The third-order valence-corrected chi connectivity index (χ3v) is 4.49. The number of hydrogen-bond donors (Lipinski definition) is 2. The Hall–Kier alpha value is -2.37. The Labute approximate surface area is 165 Å². The molecule has 1 atom stereocenters. The second kappa shape index (κ2) is 9.53. The Morgan fingerprint density at radius 2 is 1.78 bits per heavy atom. The molecule has 0 unspecified atom stereocenters. The minimum Gasteiger partial charge on any atom is -0.353 e. The molecule has 0 aliphatic carbocycles. The summed E-state index contributed by atoms with van der Waals surface area (Å²) in [6.45, 7) is 5.82. The number of aryl methyl sites for hydroxylation is 1. The van der Waals surface area contributed by atoms with Gasteiger partial charge in [0.2, 0.25) is 11.8 Å². The molecule has 0 spiro atoms. The topological polar surface area (TPSA) is 61.4 Å². The third kappa shape index (κ3) is 6.08. The number of likely N-dealkylation sites (N-methyl/N-ethyl adjacent to an activating group) is 1. The van der Waals surface area contributed by atoms with Crippen LogP contribution in [0.25, 0.3) is 0 Å². The Morgan fingerprint density at radius 1 is 1.11 bits per heavy atom. The highest BCUT2D eigenvalue weighted by molar-refractivity contribution is 6.31. The van der Waals surface area contributed by atoms with E-state index in [-0.39, 0.29) is 24.4 Å². The van der Waals surface area contributed by atoms with E-state index in [1.54, 1.807) is 18.0 Å². The van der Waals surface area contributed by atoms with Crippen LogP contribution in [-0.4, -0.2) is 36.3 Å². The lowest BCUT2D eigenvalue weighted by atomic mass is 10.0. The highest BCUT2D eigenvalue weighted by Crippen LogP contribution is 2.24. The fourth-order valence-electron chi connectivity index (χ4n) is 2.81. The van der Waals surface area contributed by atoms with Crippen molar-refractivity contribution in [3.05, 3.63) is 64.7 Å². The minimum atomic E-state index is -0.607. The van der Waals surface area contributed by atoms with Gasteiger partial charge in [0.05, 0.1) is 6.54 Å². The number of nitrogens with zero attached hydrogens (tertiary/aromatic N) is 1. The molecule has 0 aliphatic heterocycles. The van der Waals surface area contributed by atoms with Gasteiger partial charge in [-0.15, -0.1) is 0 Å². The molecule has 0 bridgehead atoms. The van der Waals surface area contributed by atoms with Crippen molar-refractivity contribution in [1.82, 2.24) is 10.2 Å². The lowest BCUT2D eigenvalue weighted by Crippen LogP contribution is -2.43. The van der Waals surface area contributed by atoms with E-state index in [9.17, 15) is 9.59 Å². The summed E-state index contributed by atoms with van der Waals surface area (Å²) in [5.74, 6) is -0.347. The maximum Gasteiger partial charge on any atom is 0.246 e. The monoisotopic (exact) mass is 387 g/mol. The number of hydrogen-bond acceptors (Lipinski definition) is 3. The van der Waals surface area contributed by atoms with Gasteiger partial charge in [0.15, 0.2) is 0 Å². The van der Waals surface area contributed by atoms with Gasteiger partial charge in [-0.25, -0.2) is 0 Å². The van der Waals surface area contributed by atoms with Crippen molar-refractivity contribution >= 4 is 29.1 Å². The predicted octanol–water partition coefficient (Wildman–Crippen LogP) is 3.78. The molecule has 2 aromatic carbocycles. The summed E-state index contributed by atoms with van der Waals surface area (Å²) in [5.41, 5.74) is 2.38. The first kappa shape index (κ1) is 20.9. The molecule has 2 amide bonds. The van der Waals surface area contributed by atoms with Crippen LogP contribution in [0.3, 0.4) is 0 Å². The molecule has 2 aromatic rings. The molecular weight excluding hydrogens is 362 g/mol. The number of carbonyl (C=O) groups excluding carboxylic acids is 2. The molecule has 27 heavy (non-hydrogen) atoms. The van der Waals surface area contributed by atoms with Crippen LogP contribution in [0.1, 0.15) is 31.0 Å². The van der Waals surface area contributed by atoms with E-state index in [0.717, 1.165) is 11.1 Å². The highest BCUT2D eigenvalue weighted by atomic mass is 35.5. The molecule has 5 nitrogen and oxygen atoms in total. The number of carbonyl (C=O) groups is 2. The summed E-state index contributed by atoms with van der Waals surface area (Å²) in [4.78, 5) is 26.9. The van der Waals surface area contributed by atoms with Crippen LogP contribution in [0.4, 0.5) is 5.69 Å². The first-order valence-electron chi connectivity index (χ1n) is 8.89. The normalized spacial score (nSPS) is 12.1. The van der Waals surface area contributed by atoms with Gasteiger partial charge in [-0.05, 0) is 51.1 Å². The van der Waals surface area contributed by atoms with Gasteiger partial charge in [-0.3, -0.25) is 14.5 Å². The number of halogens is 1. The van der Waals surface area contributed by atoms with Gasteiger partial charge in [0.1, 0.15) is 6.04 Å². The van der Waals surface area contributed by atoms with Crippen molar-refractivity contribution in [3.63, 3.8) is 0 Å². The van der Waals surface area contributed by atoms with Crippen molar-refractivity contribution in [1.29, 1.82) is 0 Å². The fourth-order valence-corrected chi connectivity index (χ4v) is 2.99. The lowest BCUT2D eigenvalue weighted by molar-refractivity contribution is -0.125. The maximum atomic E-state index is 13.0. The molecule has 144 valence electrons. The zero-order valence-corrected chi connectivity index (χ0v) is 16.9. The lowest BCUT2D eigenvalue weighted by Gasteiger charge is -2.27. The van der Waals surface area contributed by atoms with E-state index < -0.39 is 6.04 Å². The molecule has 0 saturated heterocycles. The smallest absolute Gasteiger partial charge is 0.246 e. The van der Waals surface area contributed by atoms with E-state index in [4.69, 9.17) is 11.6 Å². The van der Waals surface area contributed by atoms with Crippen LogP contribution >= 0.6 is 11.6 Å². The molecule has 0 radical (unpaired) electrons. The summed E-state index contributed by atoms with van der Waals surface area (Å²) >= 11 is 6.16. The zero-order valence-electron chi connectivity index (χ0n) is 16.1. The van der Waals surface area contributed by atoms with Gasteiger partial charge >= 0.3 is 0 Å². The van der Waals surface area contributed by atoms with Gasteiger partial charge in [-0.1, -0.05) is 48.0 Å². The van der Waals surface area contributed by atoms with Crippen LogP contribution in [-0.2, 0) is 9.59 Å². The van der Waals surface area contributed by atoms with E-state index in [2.05, 4.69) is 10.6 Å². The van der Waals surface area contributed by atoms with Crippen molar-refractivity contribution < 1.29 is 9.59 Å². The number of amides is 2. The fraction of sp³-hybridized carbons (Fsp3) is 0.333. The minimum absolute atomic E-state index is 0.0459. The van der Waals surface area contributed by atoms with Gasteiger partial charge in [-0.2, -0.15) is 0 Å². The highest BCUT2D eigenvalue weighted by Gasteiger charge is 2.27. The molecule has 2 N–H and O–H groups in total. The Kier molecular flexibility index (Phi) is 7.39. The van der Waals surface area contributed by atoms with Crippen molar-refractivity contribution in [3.8, 4) is 0 Å². The van der Waals surface area contributed by atoms with Crippen molar-refractivity contribution in [2.45, 2.75) is 32.9 Å². The third-order valence-electron chi connectivity index (χ3n) is 4.09. The van der Waals surface area contributed by atoms with Crippen molar-refractivity contribution in [2.75, 3.05) is 18.9 Å². The first-order valence-corrected chi connectivity index (χ1v) is 9.27. The number of benzene rings is 2. The van der Waals surface area contributed by atoms with Crippen molar-refractivity contribution in [2.24, 2.45) is 0 Å². The summed E-state index contributed by atoms with van der Waals surface area (Å²) in [7, 11) is 1.76. The summed E-state index contributed by atoms with van der Waals surface area (Å²) in [6.07, 6.45) is 0.